The SMILES string of the molecule is O[Si](O)(O)O.SCCSC1CS1. The van der Waals surface area contributed by atoms with Gasteiger partial charge in [-0.15, -0.1) is 23.5 Å². The number of rotatable bonds is 3. The zero-order valence-corrected chi connectivity index (χ0v) is 9.78. The van der Waals surface area contributed by atoms with Crippen molar-refractivity contribution >= 4 is 45.2 Å². The Kier molecular flexibility index (Phi) is 7.15. The van der Waals surface area contributed by atoms with Gasteiger partial charge in [-0.2, -0.15) is 12.6 Å². The van der Waals surface area contributed by atoms with Crippen molar-refractivity contribution < 1.29 is 19.2 Å². The molecule has 0 saturated carbocycles. The minimum absolute atomic E-state index is 0.937. The molecule has 4 nitrogen and oxygen atoms in total. The van der Waals surface area contributed by atoms with Crippen LogP contribution < -0.4 is 0 Å². The highest BCUT2D eigenvalue weighted by molar-refractivity contribution is 8.23. The van der Waals surface area contributed by atoms with Crippen LogP contribution in [0.5, 0.6) is 0 Å². The van der Waals surface area contributed by atoms with Gasteiger partial charge < -0.3 is 19.2 Å². The van der Waals surface area contributed by atoms with E-state index in [9.17, 15) is 0 Å². The maximum Gasteiger partial charge on any atom is 0.668 e. The van der Waals surface area contributed by atoms with Crippen molar-refractivity contribution in [2.45, 2.75) is 4.58 Å². The molecule has 4 N–H and O–H groups in total. The predicted octanol–water partition coefficient (Wildman–Crippen LogP) is -0.886. The summed E-state index contributed by atoms with van der Waals surface area (Å²) in [6.45, 7) is 0. The Hall–Kier alpha value is 1.11. The standard InChI is InChI=1S/C4H8S3.H4O4Si/c5-1-2-6-4-3-7-4;1-5(2,3)4/h4-5H,1-3H2;1-4H. The second-order valence-corrected chi connectivity index (χ2v) is 6.45. The Balaban J connectivity index is 0.000000217. The van der Waals surface area contributed by atoms with Crippen LogP contribution in [-0.2, 0) is 0 Å². The Labute approximate surface area is 86.3 Å². The molecule has 1 rings (SSSR count). The lowest BCUT2D eigenvalue weighted by Crippen LogP contribution is -2.33. The molecule has 0 spiro atoms. The minimum atomic E-state index is -4.61. The molecule has 0 aliphatic carbocycles. The van der Waals surface area contributed by atoms with Gasteiger partial charge in [-0.25, -0.2) is 0 Å². The molecule has 1 unspecified atom stereocenters. The van der Waals surface area contributed by atoms with Crippen LogP contribution >= 0.6 is 36.2 Å². The van der Waals surface area contributed by atoms with E-state index in [-0.39, 0.29) is 0 Å². The summed E-state index contributed by atoms with van der Waals surface area (Å²) in [5.41, 5.74) is 0. The third kappa shape index (κ3) is 17.3. The molecular weight excluding hydrogens is 236 g/mol. The molecule has 1 atom stereocenters. The van der Waals surface area contributed by atoms with Crippen LogP contribution in [0.3, 0.4) is 0 Å². The Morgan fingerprint density at radius 3 is 2.08 bits per heavy atom. The first-order valence-electron chi connectivity index (χ1n) is 3.17. The van der Waals surface area contributed by atoms with Crippen molar-refractivity contribution in [1.29, 1.82) is 0 Å². The molecule has 74 valence electrons. The van der Waals surface area contributed by atoms with Gasteiger partial charge >= 0.3 is 9.05 Å². The van der Waals surface area contributed by atoms with Gasteiger partial charge in [0.15, 0.2) is 0 Å². The van der Waals surface area contributed by atoms with E-state index in [0.29, 0.717) is 0 Å². The molecule has 1 saturated heterocycles. The molecule has 1 heterocycles. The van der Waals surface area contributed by atoms with Gasteiger partial charge in [0, 0.05) is 11.5 Å². The van der Waals surface area contributed by atoms with E-state index in [1.165, 1.54) is 11.5 Å². The summed E-state index contributed by atoms with van der Waals surface area (Å²) >= 11 is 8.16. The zero-order chi connectivity index (χ0) is 9.61. The fourth-order valence-electron chi connectivity index (χ4n) is 0.320. The first kappa shape index (κ1) is 13.1. The zero-order valence-electron chi connectivity index (χ0n) is 6.25. The van der Waals surface area contributed by atoms with Crippen LogP contribution in [0.1, 0.15) is 0 Å². The average molecular weight is 248 g/mol. The molecule has 0 amide bonds. The highest BCUT2D eigenvalue weighted by Gasteiger charge is 2.22. The number of hydrogen-bond acceptors (Lipinski definition) is 7. The fourth-order valence-corrected chi connectivity index (χ4v) is 2.38. The predicted molar refractivity (Wildman–Crippen MR) is 57.2 cm³/mol. The van der Waals surface area contributed by atoms with E-state index in [1.54, 1.807) is 0 Å². The lowest BCUT2D eigenvalue weighted by atomic mass is 10.9. The lowest BCUT2D eigenvalue weighted by Gasteiger charge is -1.91. The molecule has 0 aromatic rings. The van der Waals surface area contributed by atoms with Crippen molar-refractivity contribution in [2.24, 2.45) is 0 Å². The van der Waals surface area contributed by atoms with Crippen molar-refractivity contribution in [3.63, 3.8) is 0 Å². The van der Waals surface area contributed by atoms with E-state index in [2.05, 4.69) is 12.6 Å². The van der Waals surface area contributed by atoms with Crippen LogP contribution in [0.4, 0.5) is 0 Å². The van der Waals surface area contributed by atoms with Gasteiger partial charge in [0.1, 0.15) is 0 Å². The smallest absolute Gasteiger partial charge is 0.368 e. The largest absolute Gasteiger partial charge is 0.668 e. The van der Waals surface area contributed by atoms with Crippen LogP contribution in [0.25, 0.3) is 0 Å². The van der Waals surface area contributed by atoms with Crippen LogP contribution in [-0.4, -0.2) is 50.1 Å². The van der Waals surface area contributed by atoms with E-state index in [1.807, 2.05) is 23.5 Å². The van der Waals surface area contributed by atoms with E-state index in [0.717, 1.165) is 10.3 Å². The van der Waals surface area contributed by atoms with Gasteiger partial charge in [0.25, 0.3) is 0 Å². The quantitative estimate of drug-likeness (QED) is 0.253. The van der Waals surface area contributed by atoms with Crippen molar-refractivity contribution in [2.75, 3.05) is 17.3 Å². The normalized spacial score (nSPS) is 21.2. The third-order valence-corrected chi connectivity index (χ3v) is 3.87. The summed E-state index contributed by atoms with van der Waals surface area (Å²) in [5.74, 6) is 3.63. The molecule has 0 bridgehead atoms. The van der Waals surface area contributed by atoms with Gasteiger partial charge in [-0.05, 0) is 5.75 Å². The first-order valence-corrected chi connectivity index (χ1v) is 7.69. The molecule has 0 radical (unpaired) electrons. The fraction of sp³-hybridized carbons (Fsp3) is 1.00. The number of hydrogen-bond donors (Lipinski definition) is 5. The van der Waals surface area contributed by atoms with E-state index >= 15 is 0 Å². The second-order valence-electron chi connectivity index (χ2n) is 1.96. The molecule has 1 aliphatic rings. The maximum atomic E-state index is 7.33. The maximum absolute atomic E-state index is 7.33. The highest BCUT2D eigenvalue weighted by Crippen LogP contribution is 2.39. The monoisotopic (exact) mass is 248 g/mol. The third-order valence-electron chi connectivity index (χ3n) is 0.698. The summed E-state index contributed by atoms with van der Waals surface area (Å²) in [4.78, 5) is 29.3. The molecule has 0 aromatic carbocycles. The Morgan fingerprint density at radius 2 is 1.83 bits per heavy atom. The molecule has 1 fully saturated rings. The first-order chi connectivity index (χ1) is 5.43. The number of thioether (sulfide) groups is 2. The van der Waals surface area contributed by atoms with Gasteiger partial charge in [0.2, 0.25) is 0 Å². The van der Waals surface area contributed by atoms with Crippen molar-refractivity contribution in [3.8, 4) is 0 Å². The molecule has 12 heavy (non-hydrogen) atoms. The van der Waals surface area contributed by atoms with E-state index < -0.39 is 9.05 Å². The highest BCUT2D eigenvalue weighted by atomic mass is 32.2. The molecule has 8 heteroatoms. The summed E-state index contributed by atoms with van der Waals surface area (Å²) in [6, 6.07) is 0. The summed E-state index contributed by atoms with van der Waals surface area (Å²) in [5, 5.41) is 0. The molecule has 0 aromatic heterocycles. The minimum Gasteiger partial charge on any atom is -0.368 e. The van der Waals surface area contributed by atoms with Crippen LogP contribution in [0, 0.1) is 0 Å². The molecule has 1 aliphatic heterocycles. The van der Waals surface area contributed by atoms with E-state index in [4.69, 9.17) is 19.2 Å². The average Bonchev–Trinajstić information content (AvgIpc) is 2.61. The van der Waals surface area contributed by atoms with Gasteiger partial charge in [-0.3, -0.25) is 0 Å². The van der Waals surface area contributed by atoms with Crippen LogP contribution in [0.2, 0.25) is 0 Å². The Bertz CT molecular complexity index is 109. The number of thiol groups is 1. The van der Waals surface area contributed by atoms with Gasteiger partial charge in [0.05, 0.1) is 4.58 Å². The van der Waals surface area contributed by atoms with Crippen molar-refractivity contribution in [1.82, 2.24) is 0 Å². The van der Waals surface area contributed by atoms with Crippen molar-refractivity contribution in [3.05, 3.63) is 0 Å². The molecular formula is C4H12O4S3Si. The summed E-state index contributed by atoms with van der Waals surface area (Å²) < 4.78 is 0.937. The summed E-state index contributed by atoms with van der Waals surface area (Å²) in [7, 11) is -4.61. The second kappa shape index (κ2) is 6.54. The topological polar surface area (TPSA) is 80.9 Å². The Morgan fingerprint density at radius 1 is 1.42 bits per heavy atom. The summed E-state index contributed by atoms with van der Waals surface area (Å²) in [6.07, 6.45) is 0. The van der Waals surface area contributed by atoms with Crippen LogP contribution in [0.15, 0.2) is 0 Å². The lowest BCUT2D eigenvalue weighted by molar-refractivity contribution is 0.117. The van der Waals surface area contributed by atoms with Gasteiger partial charge in [-0.1, -0.05) is 0 Å².